The van der Waals surface area contributed by atoms with E-state index in [4.69, 9.17) is 0 Å². The van der Waals surface area contributed by atoms with Crippen LogP contribution in [0, 0.1) is 5.92 Å². The summed E-state index contributed by atoms with van der Waals surface area (Å²) in [6, 6.07) is 0.745. The van der Waals surface area contributed by atoms with Crippen LogP contribution in [0.1, 0.15) is 26.7 Å². The van der Waals surface area contributed by atoms with E-state index in [9.17, 15) is 0 Å². The van der Waals surface area contributed by atoms with Gasteiger partial charge < -0.3 is 9.80 Å². The molecule has 0 bridgehead atoms. The fourth-order valence-corrected chi connectivity index (χ4v) is 2.62. The quantitative estimate of drug-likeness (QED) is 0.651. The van der Waals surface area contributed by atoms with Crippen LogP contribution >= 0.6 is 0 Å². The smallest absolute Gasteiger partial charge is 0.0257 e. The minimum atomic E-state index is 0.603. The zero-order valence-electron chi connectivity index (χ0n) is 9.38. The van der Waals surface area contributed by atoms with Gasteiger partial charge in [0.1, 0.15) is 0 Å². The molecule has 1 aliphatic carbocycles. The van der Waals surface area contributed by atoms with Crippen LogP contribution in [0.25, 0.3) is 0 Å². The summed E-state index contributed by atoms with van der Waals surface area (Å²) in [5, 5.41) is 0. The average molecular weight is 182 g/mol. The van der Waals surface area contributed by atoms with Crippen molar-refractivity contribution in [3.05, 3.63) is 0 Å². The Morgan fingerprint density at radius 1 is 1.23 bits per heavy atom. The first-order chi connectivity index (χ1) is 6.06. The van der Waals surface area contributed by atoms with E-state index in [1.54, 1.807) is 0 Å². The van der Waals surface area contributed by atoms with Gasteiger partial charge in [0.05, 0.1) is 0 Å². The molecule has 1 heterocycles. The van der Waals surface area contributed by atoms with Crippen molar-refractivity contribution in [2.24, 2.45) is 5.92 Å². The third-order valence-corrected chi connectivity index (χ3v) is 4.05. The van der Waals surface area contributed by atoms with Crippen LogP contribution in [0.2, 0.25) is 0 Å². The highest BCUT2D eigenvalue weighted by atomic mass is 15.3. The topological polar surface area (TPSA) is 6.48 Å². The Balaban J connectivity index is 1.86. The van der Waals surface area contributed by atoms with Crippen LogP contribution in [0.3, 0.4) is 0 Å². The number of hydrogen-bond acceptors (Lipinski definition) is 2. The zero-order chi connectivity index (χ0) is 9.64. The molecular formula is C11H22N2. The lowest BCUT2D eigenvalue weighted by Gasteiger charge is -2.48. The van der Waals surface area contributed by atoms with Gasteiger partial charge in [-0.15, -0.1) is 0 Å². The van der Waals surface area contributed by atoms with Gasteiger partial charge >= 0.3 is 0 Å². The molecule has 1 aliphatic heterocycles. The van der Waals surface area contributed by atoms with Gasteiger partial charge in [-0.2, -0.15) is 0 Å². The van der Waals surface area contributed by atoms with Crippen molar-refractivity contribution in [2.75, 3.05) is 27.2 Å². The van der Waals surface area contributed by atoms with Crippen LogP contribution in [0.4, 0.5) is 0 Å². The molecule has 76 valence electrons. The molecule has 0 aromatic rings. The van der Waals surface area contributed by atoms with Gasteiger partial charge in [-0.25, -0.2) is 0 Å². The summed E-state index contributed by atoms with van der Waals surface area (Å²) >= 11 is 0. The van der Waals surface area contributed by atoms with Crippen molar-refractivity contribution in [2.45, 2.75) is 38.3 Å². The molecule has 2 nitrogen and oxygen atoms in total. The fraction of sp³-hybridized carbons (Fsp3) is 1.00. The highest BCUT2D eigenvalue weighted by Gasteiger charge is 2.54. The van der Waals surface area contributed by atoms with Gasteiger partial charge in [0, 0.05) is 30.6 Å². The second-order valence-electron chi connectivity index (χ2n) is 5.24. The van der Waals surface area contributed by atoms with E-state index in [1.807, 2.05) is 0 Å². The Kier molecular flexibility index (Phi) is 2.16. The maximum absolute atomic E-state index is 2.58. The molecule has 2 rings (SSSR count). The molecule has 0 radical (unpaired) electrons. The van der Waals surface area contributed by atoms with Gasteiger partial charge in [-0.1, -0.05) is 0 Å². The normalized spacial score (nSPS) is 28.2. The summed E-state index contributed by atoms with van der Waals surface area (Å²) in [7, 11) is 4.48. The Bertz CT molecular complexity index is 188. The third kappa shape index (κ3) is 1.40. The Labute approximate surface area is 81.9 Å². The van der Waals surface area contributed by atoms with Crippen molar-refractivity contribution >= 4 is 0 Å². The van der Waals surface area contributed by atoms with Gasteiger partial charge in [0.2, 0.25) is 0 Å². The van der Waals surface area contributed by atoms with Crippen molar-refractivity contribution in [1.29, 1.82) is 0 Å². The molecule has 0 spiro atoms. The first-order valence-electron chi connectivity index (χ1n) is 5.48. The van der Waals surface area contributed by atoms with E-state index in [-0.39, 0.29) is 0 Å². The van der Waals surface area contributed by atoms with Crippen LogP contribution in [0.5, 0.6) is 0 Å². The first-order valence-corrected chi connectivity index (χ1v) is 5.48. The van der Waals surface area contributed by atoms with Crippen molar-refractivity contribution in [1.82, 2.24) is 9.80 Å². The summed E-state index contributed by atoms with van der Waals surface area (Å²) < 4.78 is 0. The molecule has 0 amide bonds. The number of rotatable bonds is 3. The molecule has 0 atom stereocenters. The van der Waals surface area contributed by atoms with Crippen molar-refractivity contribution in [3.8, 4) is 0 Å². The van der Waals surface area contributed by atoms with Crippen LogP contribution in [0.15, 0.2) is 0 Å². The molecular weight excluding hydrogens is 160 g/mol. The van der Waals surface area contributed by atoms with E-state index >= 15 is 0 Å². The van der Waals surface area contributed by atoms with Crippen molar-refractivity contribution in [3.63, 3.8) is 0 Å². The maximum atomic E-state index is 2.58. The predicted octanol–water partition coefficient (Wildman–Crippen LogP) is 1.42. The largest absolute Gasteiger partial charge is 0.303 e. The number of likely N-dealkylation sites (tertiary alicyclic amines) is 1. The molecule has 13 heavy (non-hydrogen) atoms. The summed E-state index contributed by atoms with van der Waals surface area (Å²) in [6.07, 6.45) is 2.85. The lowest BCUT2D eigenvalue weighted by Crippen LogP contribution is -2.58. The molecule has 2 fully saturated rings. The standard InChI is InChI=1S/C11H22N2/c1-9(2)13-7-10(8-13)11(5-6-11)12(3)4/h9-10H,5-8H2,1-4H3. The Hall–Kier alpha value is -0.0800. The van der Waals surface area contributed by atoms with Gasteiger partial charge in [-0.3, -0.25) is 0 Å². The molecule has 1 saturated carbocycles. The van der Waals surface area contributed by atoms with Crippen molar-refractivity contribution < 1.29 is 0 Å². The SMILES string of the molecule is CC(C)N1CC(C2(N(C)C)CC2)C1. The minimum Gasteiger partial charge on any atom is -0.303 e. The van der Waals surface area contributed by atoms with Crippen LogP contribution < -0.4 is 0 Å². The highest BCUT2D eigenvalue weighted by Crippen LogP contribution is 2.49. The molecule has 0 N–H and O–H groups in total. The van der Waals surface area contributed by atoms with Gasteiger partial charge in [-0.05, 0) is 40.8 Å². The summed E-state index contributed by atoms with van der Waals surface area (Å²) in [5.41, 5.74) is 0.603. The molecule has 2 aliphatic rings. The predicted molar refractivity (Wildman–Crippen MR) is 55.9 cm³/mol. The fourth-order valence-electron chi connectivity index (χ4n) is 2.62. The number of hydrogen-bond donors (Lipinski definition) is 0. The molecule has 0 aromatic heterocycles. The Morgan fingerprint density at radius 2 is 1.77 bits per heavy atom. The van der Waals surface area contributed by atoms with Gasteiger partial charge in [0.25, 0.3) is 0 Å². The molecule has 1 saturated heterocycles. The average Bonchev–Trinajstić information content (AvgIpc) is 2.63. The highest BCUT2D eigenvalue weighted by molar-refractivity contribution is 5.11. The Morgan fingerprint density at radius 3 is 2.08 bits per heavy atom. The molecule has 0 unspecified atom stereocenters. The van der Waals surface area contributed by atoms with E-state index < -0.39 is 0 Å². The van der Waals surface area contributed by atoms with E-state index in [2.05, 4.69) is 37.7 Å². The summed E-state index contributed by atoms with van der Waals surface area (Å²) in [4.78, 5) is 5.03. The monoisotopic (exact) mass is 182 g/mol. The van der Waals surface area contributed by atoms with E-state index in [0.717, 1.165) is 12.0 Å². The van der Waals surface area contributed by atoms with E-state index in [1.165, 1.54) is 25.9 Å². The summed E-state index contributed by atoms with van der Waals surface area (Å²) in [6.45, 7) is 7.25. The first kappa shape index (κ1) is 9.47. The molecule has 2 heteroatoms. The zero-order valence-corrected chi connectivity index (χ0v) is 9.38. The maximum Gasteiger partial charge on any atom is 0.0257 e. The lowest BCUT2D eigenvalue weighted by molar-refractivity contribution is 0.00598. The summed E-state index contributed by atoms with van der Waals surface area (Å²) in [5.74, 6) is 0.949. The van der Waals surface area contributed by atoms with Crippen LogP contribution in [-0.4, -0.2) is 48.6 Å². The second kappa shape index (κ2) is 2.96. The van der Waals surface area contributed by atoms with E-state index in [0.29, 0.717) is 5.54 Å². The lowest BCUT2D eigenvalue weighted by atomic mass is 9.87. The second-order valence-corrected chi connectivity index (χ2v) is 5.24. The number of nitrogens with zero attached hydrogens (tertiary/aromatic N) is 2. The van der Waals surface area contributed by atoms with Crippen LogP contribution in [-0.2, 0) is 0 Å². The minimum absolute atomic E-state index is 0.603. The van der Waals surface area contributed by atoms with Gasteiger partial charge in [0.15, 0.2) is 0 Å². The third-order valence-electron chi connectivity index (χ3n) is 4.05. The molecule has 0 aromatic carbocycles.